The second kappa shape index (κ2) is 7.37. The molecule has 0 atom stereocenters. The van der Waals surface area contributed by atoms with Crippen LogP contribution in [0.5, 0.6) is 0 Å². The lowest BCUT2D eigenvalue weighted by Gasteiger charge is -2.03. The van der Waals surface area contributed by atoms with Crippen LogP contribution in [0, 0.1) is 0 Å². The highest BCUT2D eigenvalue weighted by molar-refractivity contribution is 7.98. The maximum Gasteiger partial charge on any atom is 0.185 e. The fourth-order valence-electron chi connectivity index (χ4n) is 1.69. The summed E-state index contributed by atoms with van der Waals surface area (Å²) in [6.45, 7) is 0. The number of thioether (sulfide) groups is 1. The lowest BCUT2D eigenvalue weighted by molar-refractivity contribution is 0.104. The van der Waals surface area contributed by atoms with E-state index < -0.39 is 0 Å². The average Bonchev–Trinajstić information content (AvgIpc) is 2.52. The van der Waals surface area contributed by atoms with Crippen LogP contribution >= 0.6 is 46.6 Å². The van der Waals surface area contributed by atoms with E-state index in [0.29, 0.717) is 21.2 Å². The van der Waals surface area contributed by atoms with E-state index in [0.717, 1.165) is 4.90 Å². The van der Waals surface area contributed by atoms with Crippen molar-refractivity contribution in [3.63, 3.8) is 0 Å². The molecule has 0 heterocycles. The van der Waals surface area contributed by atoms with Gasteiger partial charge in [-0.1, -0.05) is 40.9 Å². The third kappa shape index (κ3) is 4.04. The summed E-state index contributed by atoms with van der Waals surface area (Å²) < 4.78 is 0. The molecule has 108 valence electrons. The average molecular weight is 358 g/mol. The first kappa shape index (κ1) is 16.4. The van der Waals surface area contributed by atoms with Crippen molar-refractivity contribution >= 4 is 58.4 Å². The second-order valence-corrected chi connectivity index (χ2v) is 6.23. The fourth-order valence-corrected chi connectivity index (χ4v) is 2.70. The van der Waals surface area contributed by atoms with Crippen LogP contribution in [0.25, 0.3) is 6.08 Å². The summed E-state index contributed by atoms with van der Waals surface area (Å²) in [6.07, 6.45) is 5.10. The Morgan fingerprint density at radius 3 is 2.29 bits per heavy atom. The zero-order valence-electron chi connectivity index (χ0n) is 11.1. The van der Waals surface area contributed by atoms with Crippen molar-refractivity contribution in [1.82, 2.24) is 0 Å². The number of rotatable bonds is 4. The monoisotopic (exact) mass is 356 g/mol. The van der Waals surface area contributed by atoms with Gasteiger partial charge in [0.25, 0.3) is 0 Å². The van der Waals surface area contributed by atoms with E-state index >= 15 is 0 Å². The molecule has 5 heteroatoms. The summed E-state index contributed by atoms with van der Waals surface area (Å²) in [5.74, 6) is -0.0928. The maximum absolute atomic E-state index is 12.1. The highest BCUT2D eigenvalue weighted by atomic mass is 35.5. The van der Waals surface area contributed by atoms with E-state index in [1.54, 1.807) is 42.1 Å². The molecule has 0 aromatic heterocycles. The Kier molecular flexibility index (Phi) is 5.77. The van der Waals surface area contributed by atoms with Crippen molar-refractivity contribution in [1.29, 1.82) is 0 Å². The molecule has 1 nitrogen and oxygen atoms in total. The number of halogens is 3. The molecule has 0 radical (unpaired) electrons. The molecule has 0 spiro atoms. The molecule has 0 aliphatic heterocycles. The Labute approximate surface area is 142 Å². The topological polar surface area (TPSA) is 17.1 Å². The van der Waals surface area contributed by atoms with Crippen LogP contribution in [-0.2, 0) is 0 Å². The standard InChI is InChI=1S/C16H11Cl3OS/c1-21-12-6-2-10(3-7-12)14(20)9-5-11-4-8-13(17)16(19)15(11)18/h2-9H,1H3/b9-5+. The van der Waals surface area contributed by atoms with Crippen molar-refractivity contribution < 1.29 is 4.79 Å². The highest BCUT2D eigenvalue weighted by Crippen LogP contribution is 2.33. The van der Waals surface area contributed by atoms with E-state index in [2.05, 4.69) is 0 Å². The molecule has 21 heavy (non-hydrogen) atoms. The van der Waals surface area contributed by atoms with Gasteiger partial charge in [0.1, 0.15) is 0 Å². The molecule has 0 aliphatic rings. The van der Waals surface area contributed by atoms with Crippen LogP contribution in [0.4, 0.5) is 0 Å². The van der Waals surface area contributed by atoms with Gasteiger partial charge in [0.05, 0.1) is 15.1 Å². The SMILES string of the molecule is CSc1ccc(C(=O)/C=C/c2ccc(Cl)c(Cl)c2Cl)cc1. The van der Waals surface area contributed by atoms with Gasteiger partial charge in [-0.25, -0.2) is 0 Å². The smallest absolute Gasteiger partial charge is 0.185 e. The lowest BCUT2D eigenvalue weighted by Crippen LogP contribution is -1.93. The van der Waals surface area contributed by atoms with Crippen LogP contribution in [0.15, 0.2) is 47.4 Å². The van der Waals surface area contributed by atoms with Crippen LogP contribution in [-0.4, -0.2) is 12.0 Å². The number of benzene rings is 2. The maximum atomic E-state index is 12.1. The first-order valence-electron chi connectivity index (χ1n) is 6.03. The molecule has 2 aromatic carbocycles. The van der Waals surface area contributed by atoms with Gasteiger partial charge >= 0.3 is 0 Å². The van der Waals surface area contributed by atoms with E-state index in [1.807, 2.05) is 18.4 Å². The predicted molar refractivity (Wildman–Crippen MR) is 93.1 cm³/mol. The zero-order chi connectivity index (χ0) is 15.4. The van der Waals surface area contributed by atoms with Crippen LogP contribution < -0.4 is 0 Å². The largest absolute Gasteiger partial charge is 0.289 e. The molecule has 2 aromatic rings. The molecule has 0 saturated heterocycles. The van der Waals surface area contributed by atoms with Crippen molar-refractivity contribution in [2.75, 3.05) is 6.26 Å². The number of carbonyl (C=O) groups excluding carboxylic acids is 1. The Bertz CT molecular complexity index is 693. The van der Waals surface area contributed by atoms with Gasteiger partial charge in [-0.05, 0) is 54.3 Å². The molecule has 0 aliphatic carbocycles. The third-order valence-electron chi connectivity index (χ3n) is 2.85. The molecule has 0 saturated carbocycles. The molecule has 0 fully saturated rings. The lowest BCUT2D eigenvalue weighted by atomic mass is 10.1. The summed E-state index contributed by atoms with van der Waals surface area (Å²) in [5.41, 5.74) is 1.28. The fraction of sp³-hybridized carbons (Fsp3) is 0.0625. The second-order valence-electron chi connectivity index (χ2n) is 4.19. The Morgan fingerprint density at radius 1 is 1.00 bits per heavy atom. The van der Waals surface area contributed by atoms with E-state index in [4.69, 9.17) is 34.8 Å². The zero-order valence-corrected chi connectivity index (χ0v) is 14.2. The minimum Gasteiger partial charge on any atom is -0.289 e. The van der Waals surface area contributed by atoms with Crippen molar-refractivity contribution in [3.05, 3.63) is 68.7 Å². The number of hydrogen-bond donors (Lipinski definition) is 0. The van der Waals surface area contributed by atoms with Gasteiger partial charge < -0.3 is 0 Å². The van der Waals surface area contributed by atoms with Gasteiger partial charge in [-0.2, -0.15) is 0 Å². The van der Waals surface area contributed by atoms with Crippen molar-refractivity contribution in [2.24, 2.45) is 0 Å². The minimum absolute atomic E-state index is 0.0928. The predicted octanol–water partition coefficient (Wildman–Crippen LogP) is 6.26. The van der Waals surface area contributed by atoms with E-state index in [9.17, 15) is 4.79 Å². The summed E-state index contributed by atoms with van der Waals surface area (Å²) >= 11 is 19.5. The van der Waals surface area contributed by atoms with Crippen molar-refractivity contribution in [3.8, 4) is 0 Å². The first-order chi connectivity index (χ1) is 10.0. The highest BCUT2D eigenvalue weighted by Gasteiger charge is 2.07. The Morgan fingerprint density at radius 2 is 1.67 bits per heavy atom. The Balaban J connectivity index is 2.20. The van der Waals surface area contributed by atoms with Gasteiger partial charge in [-0.15, -0.1) is 11.8 Å². The van der Waals surface area contributed by atoms with Crippen LogP contribution in [0.1, 0.15) is 15.9 Å². The minimum atomic E-state index is -0.0928. The number of carbonyl (C=O) groups is 1. The molecule has 2 rings (SSSR count). The van der Waals surface area contributed by atoms with E-state index in [-0.39, 0.29) is 10.8 Å². The van der Waals surface area contributed by atoms with Crippen LogP contribution in [0.3, 0.4) is 0 Å². The first-order valence-corrected chi connectivity index (χ1v) is 8.38. The van der Waals surface area contributed by atoms with Gasteiger partial charge in [0.2, 0.25) is 0 Å². The normalized spacial score (nSPS) is 11.0. The molecule has 0 amide bonds. The quantitative estimate of drug-likeness (QED) is 0.278. The summed E-state index contributed by atoms with van der Waals surface area (Å²) in [5, 5.41) is 1.01. The van der Waals surface area contributed by atoms with Crippen LogP contribution in [0.2, 0.25) is 15.1 Å². The molecule has 0 N–H and O–H groups in total. The Hall–Kier alpha value is -0.930. The van der Waals surface area contributed by atoms with Gasteiger partial charge in [0, 0.05) is 10.5 Å². The molecule has 0 bridgehead atoms. The molecular weight excluding hydrogens is 347 g/mol. The third-order valence-corrected chi connectivity index (χ3v) is 4.91. The van der Waals surface area contributed by atoms with Gasteiger partial charge in [0.15, 0.2) is 5.78 Å². The molecule has 0 unspecified atom stereocenters. The molecular formula is C16H11Cl3OS. The van der Waals surface area contributed by atoms with Crippen molar-refractivity contribution in [2.45, 2.75) is 4.90 Å². The number of hydrogen-bond acceptors (Lipinski definition) is 2. The van der Waals surface area contributed by atoms with E-state index in [1.165, 1.54) is 6.08 Å². The summed E-state index contributed by atoms with van der Waals surface area (Å²) in [6, 6.07) is 10.8. The number of allylic oxidation sites excluding steroid dienone is 1. The summed E-state index contributed by atoms with van der Waals surface area (Å²) in [4.78, 5) is 13.2. The van der Waals surface area contributed by atoms with Gasteiger partial charge in [-0.3, -0.25) is 4.79 Å². The summed E-state index contributed by atoms with van der Waals surface area (Å²) in [7, 11) is 0. The number of ketones is 1.